The minimum atomic E-state index is 0.316. The molecule has 1 unspecified atom stereocenters. The van der Waals surface area contributed by atoms with E-state index in [0.717, 1.165) is 49.7 Å². The molecule has 1 aromatic carbocycles. The lowest BCUT2D eigenvalue weighted by Crippen LogP contribution is -2.34. The van der Waals surface area contributed by atoms with Crippen LogP contribution in [0.5, 0.6) is 11.6 Å². The van der Waals surface area contributed by atoms with Gasteiger partial charge in [0.15, 0.2) is 0 Å². The van der Waals surface area contributed by atoms with Crippen LogP contribution < -0.4 is 4.74 Å². The monoisotopic (exact) mass is 335 g/mol. The quantitative estimate of drug-likeness (QED) is 0.774. The lowest BCUT2D eigenvalue weighted by Gasteiger charge is -2.32. The molecule has 1 N–H and O–H groups in total. The van der Waals surface area contributed by atoms with Crippen LogP contribution in [0.1, 0.15) is 30.3 Å². The Labute approximate surface area is 146 Å². The predicted octanol–water partition coefficient (Wildman–Crippen LogP) is 3.37. The van der Waals surface area contributed by atoms with Gasteiger partial charge in [-0.2, -0.15) is 0 Å². The van der Waals surface area contributed by atoms with Gasteiger partial charge in [0.2, 0.25) is 5.88 Å². The van der Waals surface area contributed by atoms with Gasteiger partial charge in [0.1, 0.15) is 17.3 Å². The van der Waals surface area contributed by atoms with E-state index in [1.807, 2.05) is 36.5 Å². The van der Waals surface area contributed by atoms with E-state index in [1.165, 1.54) is 0 Å². The molecule has 128 valence electrons. The first-order valence-electron chi connectivity index (χ1n) is 8.63. The molecule has 1 aliphatic heterocycles. The van der Waals surface area contributed by atoms with E-state index >= 15 is 0 Å². The number of hydrogen-bond donors (Lipinski definition) is 1. The first-order valence-corrected chi connectivity index (χ1v) is 8.63. The van der Waals surface area contributed by atoms with Crippen LogP contribution in [-0.4, -0.2) is 37.9 Å². The van der Waals surface area contributed by atoms with Crippen molar-refractivity contribution in [3.63, 3.8) is 0 Å². The normalized spacial score (nSPS) is 18.2. The maximum atomic E-state index is 5.99. The van der Waals surface area contributed by atoms with Gasteiger partial charge in [0, 0.05) is 37.3 Å². The largest absolute Gasteiger partial charge is 0.437 e. The molecule has 4 rings (SSSR count). The number of imidazole rings is 1. The summed E-state index contributed by atoms with van der Waals surface area (Å²) in [6.07, 6.45) is 9.32. The second-order valence-corrected chi connectivity index (χ2v) is 6.27. The highest BCUT2D eigenvalue weighted by molar-refractivity contribution is 5.30. The van der Waals surface area contributed by atoms with Crippen molar-refractivity contribution in [2.75, 3.05) is 13.1 Å². The Hall–Kier alpha value is -2.73. The molecule has 1 atom stereocenters. The molecule has 1 aliphatic rings. The van der Waals surface area contributed by atoms with Crippen LogP contribution in [0.3, 0.4) is 0 Å². The molecule has 6 heteroatoms. The van der Waals surface area contributed by atoms with Crippen LogP contribution in [0.25, 0.3) is 0 Å². The highest BCUT2D eigenvalue weighted by Gasteiger charge is 2.26. The van der Waals surface area contributed by atoms with Gasteiger partial charge in [0.25, 0.3) is 0 Å². The number of piperidine rings is 1. The Balaban J connectivity index is 1.51. The van der Waals surface area contributed by atoms with Crippen LogP contribution in [0, 0.1) is 0 Å². The first-order chi connectivity index (χ1) is 12.4. The van der Waals surface area contributed by atoms with Gasteiger partial charge >= 0.3 is 0 Å². The van der Waals surface area contributed by atoms with E-state index in [9.17, 15) is 0 Å². The molecule has 0 saturated carbocycles. The minimum absolute atomic E-state index is 0.316. The molecule has 1 fully saturated rings. The molecule has 3 heterocycles. The number of rotatable bonds is 5. The summed E-state index contributed by atoms with van der Waals surface area (Å²) < 4.78 is 5.99. The van der Waals surface area contributed by atoms with Crippen molar-refractivity contribution in [3.05, 3.63) is 66.6 Å². The van der Waals surface area contributed by atoms with Crippen molar-refractivity contribution in [2.45, 2.75) is 25.3 Å². The fraction of sp³-hybridized carbons (Fsp3) is 0.316. The number of aromatic amines is 1. The van der Waals surface area contributed by atoms with Gasteiger partial charge in [-0.3, -0.25) is 9.88 Å². The van der Waals surface area contributed by atoms with Crippen molar-refractivity contribution < 1.29 is 4.74 Å². The van der Waals surface area contributed by atoms with Crippen molar-refractivity contribution in [2.24, 2.45) is 0 Å². The number of H-pyrrole nitrogens is 1. The van der Waals surface area contributed by atoms with Crippen LogP contribution >= 0.6 is 0 Å². The summed E-state index contributed by atoms with van der Waals surface area (Å²) in [5.74, 6) is 2.71. The van der Waals surface area contributed by atoms with Gasteiger partial charge < -0.3 is 9.72 Å². The third kappa shape index (κ3) is 3.85. The number of aromatic nitrogens is 4. The zero-order chi connectivity index (χ0) is 16.9. The molecule has 3 aromatic rings. The van der Waals surface area contributed by atoms with Gasteiger partial charge in [-0.05, 0) is 31.5 Å². The molecule has 1 saturated heterocycles. The minimum Gasteiger partial charge on any atom is -0.437 e. The summed E-state index contributed by atoms with van der Waals surface area (Å²) in [5, 5.41) is 0. The summed E-state index contributed by atoms with van der Waals surface area (Å²) in [6, 6.07) is 9.75. The third-order valence-corrected chi connectivity index (χ3v) is 4.47. The summed E-state index contributed by atoms with van der Waals surface area (Å²) in [4.78, 5) is 18.9. The van der Waals surface area contributed by atoms with E-state index in [1.54, 1.807) is 18.6 Å². The van der Waals surface area contributed by atoms with Gasteiger partial charge in [-0.1, -0.05) is 18.2 Å². The van der Waals surface area contributed by atoms with Crippen LogP contribution in [0.2, 0.25) is 0 Å². The van der Waals surface area contributed by atoms with Crippen molar-refractivity contribution in [3.8, 4) is 11.6 Å². The maximum absolute atomic E-state index is 5.99. The van der Waals surface area contributed by atoms with E-state index in [-0.39, 0.29) is 0 Å². The van der Waals surface area contributed by atoms with E-state index in [4.69, 9.17) is 4.74 Å². The average molecular weight is 335 g/mol. The zero-order valence-electron chi connectivity index (χ0n) is 14.0. The van der Waals surface area contributed by atoms with Gasteiger partial charge in [-0.15, -0.1) is 0 Å². The Kier molecular flexibility index (Phi) is 4.70. The molecule has 2 aromatic heterocycles. The van der Waals surface area contributed by atoms with Gasteiger partial charge in [0.05, 0.1) is 6.54 Å². The van der Waals surface area contributed by atoms with Crippen LogP contribution in [-0.2, 0) is 6.54 Å². The van der Waals surface area contributed by atoms with Crippen molar-refractivity contribution in [1.82, 2.24) is 24.8 Å². The Morgan fingerprint density at radius 3 is 2.80 bits per heavy atom. The lowest BCUT2D eigenvalue weighted by atomic mass is 9.94. The Morgan fingerprint density at radius 1 is 1.08 bits per heavy atom. The highest BCUT2D eigenvalue weighted by atomic mass is 16.5. The van der Waals surface area contributed by atoms with Gasteiger partial charge in [-0.25, -0.2) is 9.97 Å². The third-order valence-electron chi connectivity index (χ3n) is 4.47. The lowest BCUT2D eigenvalue weighted by molar-refractivity contribution is 0.193. The molecule has 0 amide bonds. The Bertz CT molecular complexity index is 791. The fourth-order valence-electron chi connectivity index (χ4n) is 3.31. The summed E-state index contributed by atoms with van der Waals surface area (Å²) in [7, 11) is 0. The van der Waals surface area contributed by atoms with E-state index < -0.39 is 0 Å². The number of ether oxygens (including phenoxy) is 1. The molecule has 0 aliphatic carbocycles. The van der Waals surface area contributed by atoms with E-state index in [2.05, 4.69) is 24.8 Å². The van der Waals surface area contributed by atoms with Crippen LogP contribution in [0.4, 0.5) is 0 Å². The summed E-state index contributed by atoms with van der Waals surface area (Å²) >= 11 is 0. The number of nitrogens with one attached hydrogen (secondary N) is 1. The molecular formula is C19H21N5O. The van der Waals surface area contributed by atoms with Crippen LogP contribution in [0.15, 0.2) is 55.1 Å². The molecular weight excluding hydrogens is 314 g/mol. The topological polar surface area (TPSA) is 66.9 Å². The zero-order valence-corrected chi connectivity index (χ0v) is 14.0. The number of benzene rings is 1. The molecule has 25 heavy (non-hydrogen) atoms. The van der Waals surface area contributed by atoms with E-state index in [0.29, 0.717) is 11.8 Å². The molecule has 0 bridgehead atoms. The Morgan fingerprint density at radius 2 is 1.96 bits per heavy atom. The number of likely N-dealkylation sites (tertiary alicyclic amines) is 1. The second kappa shape index (κ2) is 7.44. The van der Waals surface area contributed by atoms with Crippen molar-refractivity contribution in [1.29, 1.82) is 0 Å². The molecule has 0 spiro atoms. The number of para-hydroxylation sites is 1. The molecule has 0 radical (unpaired) electrons. The summed E-state index contributed by atoms with van der Waals surface area (Å²) in [5.41, 5.74) is 0.940. The second-order valence-electron chi connectivity index (χ2n) is 6.27. The summed E-state index contributed by atoms with van der Waals surface area (Å²) in [6.45, 7) is 2.84. The maximum Gasteiger partial charge on any atom is 0.241 e. The fourth-order valence-corrected chi connectivity index (χ4v) is 3.31. The number of hydrogen-bond acceptors (Lipinski definition) is 5. The number of nitrogens with zero attached hydrogens (tertiary/aromatic N) is 4. The standard InChI is InChI=1S/C19H21N5O/c1-2-6-16(7-3-1)25-19-18(22-10-11-23-19)15-5-4-12-24(13-15)14-17-20-8-9-21-17/h1-3,6-11,15H,4-5,12-14H2,(H,20,21). The first kappa shape index (κ1) is 15.8. The predicted molar refractivity (Wildman–Crippen MR) is 94.4 cm³/mol. The highest BCUT2D eigenvalue weighted by Crippen LogP contribution is 2.32. The average Bonchev–Trinajstić information content (AvgIpc) is 3.16. The SMILES string of the molecule is c1ccc(Oc2nccnc2C2CCCN(Cc3ncc[nH]3)C2)cc1. The van der Waals surface area contributed by atoms with Crippen molar-refractivity contribution >= 4 is 0 Å². The smallest absolute Gasteiger partial charge is 0.241 e. The molecule has 6 nitrogen and oxygen atoms in total.